The summed E-state index contributed by atoms with van der Waals surface area (Å²) in [5.41, 5.74) is 1.56. The van der Waals surface area contributed by atoms with Crippen LogP contribution < -0.4 is 11.1 Å². The molecule has 5 nitrogen and oxygen atoms in total. The molecule has 0 aromatic rings. The fraction of sp³-hybridized carbons (Fsp3) is 0.857. The van der Waals surface area contributed by atoms with Crippen molar-refractivity contribution in [3.05, 3.63) is 0 Å². The highest BCUT2D eigenvalue weighted by molar-refractivity contribution is 5.87. The number of esters is 1. The van der Waals surface area contributed by atoms with E-state index >= 15 is 0 Å². The average Bonchev–Trinajstić information content (AvgIpc) is 2.30. The maximum absolute atomic E-state index is 13.0. The molecule has 130 valence electrons. The van der Waals surface area contributed by atoms with E-state index in [4.69, 9.17) is 10.5 Å². The summed E-state index contributed by atoms with van der Waals surface area (Å²) >= 11 is 0. The number of halogens is 3. The molecule has 0 bridgehead atoms. The van der Waals surface area contributed by atoms with Crippen LogP contribution in [-0.2, 0) is 14.3 Å². The molecule has 0 aromatic carbocycles. The van der Waals surface area contributed by atoms with Crippen molar-refractivity contribution in [1.29, 1.82) is 0 Å². The molecular weight excluding hydrogens is 301 g/mol. The minimum Gasteiger partial charge on any atom is -0.460 e. The SMILES string of the molecule is CC(CNC(=O)C(N)(C(C)C)C(F)(F)F)C(=O)OC(C)(C)C. The minimum atomic E-state index is -4.89. The molecule has 0 radical (unpaired) electrons. The minimum absolute atomic E-state index is 0.282. The Kier molecular flexibility index (Phi) is 6.44. The number of alkyl halides is 3. The van der Waals surface area contributed by atoms with Crippen LogP contribution in [0.1, 0.15) is 41.5 Å². The monoisotopic (exact) mass is 326 g/mol. The van der Waals surface area contributed by atoms with Gasteiger partial charge in [0.25, 0.3) is 0 Å². The summed E-state index contributed by atoms with van der Waals surface area (Å²) in [5, 5.41) is 2.09. The molecule has 0 saturated carbocycles. The lowest BCUT2D eigenvalue weighted by atomic mass is 9.85. The summed E-state index contributed by atoms with van der Waals surface area (Å²) in [6.45, 7) is 8.61. The van der Waals surface area contributed by atoms with Crippen molar-refractivity contribution in [2.45, 2.75) is 58.9 Å². The van der Waals surface area contributed by atoms with E-state index in [0.717, 1.165) is 0 Å². The Bertz CT molecular complexity index is 417. The van der Waals surface area contributed by atoms with Gasteiger partial charge in [-0.15, -0.1) is 0 Å². The van der Waals surface area contributed by atoms with Gasteiger partial charge in [0.05, 0.1) is 5.92 Å². The van der Waals surface area contributed by atoms with E-state index in [9.17, 15) is 22.8 Å². The zero-order chi connectivity index (χ0) is 17.9. The molecule has 0 spiro atoms. The number of rotatable bonds is 5. The number of hydrogen-bond acceptors (Lipinski definition) is 4. The van der Waals surface area contributed by atoms with Crippen LogP contribution >= 0.6 is 0 Å². The first-order valence-electron chi connectivity index (χ1n) is 6.99. The Morgan fingerprint density at radius 2 is 1.59 bits per heavy atom. The second-order valence-corrected chi connectivity index (χ2v) is 6.67. The predicted molar refractivity (Wildman–Crippen MR) is 75.8 cm³/mol. The van der Waals surface area contributed by atoms with Gasteiger partial charge in [-0.25, -0.2) is 0 Å². The van der Waals surface area contributed by atoms with Crippen LogP contribution in [0.5, 0.6) is 0 Å². The van der Waals surface area contributed by atoms with E-state index in [1.165, 1.54) is 20.8 Å². The summed E-state index contributed by atoms with van der Waals surface area (Å²) in [7, 11) is 0. The summed E-state index contributed by atoms with van der Waals surface area (Å²) < 4.78 is 44.2. The molecule has 0 aliphatic rings. The fourth-order valence-corrected chi connectivity index (χ4v) is 1.60. The lowest BCUT2D eigenvalue weighted by Crippen LogP contribution is -2.67. The number of carbonyl (C=O) groups is 2. The van der Waals surface area contributed by atoms with Gasteiger partial charge in [-0.3, -0.25) is 9.59 Å². The van der Waals surface area contributed by atoms with Crippen molar-refractivity contribution in [3.8, 4) is 0 Å². The van der Waals surface area contributed by atoms with Gasteiger partial charge in [0.15, 0.2) is 5.54 Å². The van der Waals surface area contributed by atoms with E-state index in [2.05, 4.69) is 5.32 Å². The lowest BCUT2D eigenvalue weighted by molar-refractivity contribution is -0.200. The number of nitrogens with two attached hydrogens (primary N) is 1. The van der Waals surface area contributed by atoms with Gasteiger partial charge in [-0.1, -0.05) is 20.8 Å². The van der Waals surface area contributed by atoms with Crippen LogP contribution in [0.15, 0.2) is 0 Å². The second kappa shape index (κ2) is 6.85. The zero-order valence-electron chi connectivity index (χ0n) is 13.8. The van der Waals surface area contributed by atoms with Crippen molar-refractivity contribution >= 4 is 11.9 Å². The van der Waals surface area contributed by atoms with Gasteiger partial charge in [0.1, 0.15) is 5.60 Å². The van der Waals surface area contributed by atoms with Crippen molar-refractivity contribution < 1.29 is 27.5 Å². The van der Waals surface area contributed by atoms with Crippen molar-refractivity contribution in [3.63, 3.8) is 0 Å². The molecule has 0 aromatic heterocycles. The van der Waals surface area contributed by atoms with Crippen LogP contribution in [0.25, 0.3) is 0 Å². The van der Waals surface area contributed by atoms with Crippen molar-refractivity contribution in [2.75, 3.05) is 6.54 Å². The van der Waals surface area contributed by atoms with Crippen molar-refractivity contribution in [1.82, 2.24) is 5.32 Å². The number of carbonyl (C=O) groups excluding carboxylic acids is 2. The Morgan fingerprint density at radius 3 is 1.91 bits per heavy atom. The smallest absolute Gasteiger partial charge is 0.415 e. The van der Waals surface area contributed by atoms with Gasteiger partial charge < -0.3 is 15.8 Å². The maximum atomic E-state index is 13.0. The molecule has 1 amide bonds. The Labute approximate surface area is 128 Å². The van der Waals surface area contributed by atoms with E-state index < -0.39 is 41.0 Å². The molecule has 2 atom stereocenters. The number of ether oxygens (including phenoxy) is 1. The van der Waals surface area contributed by atoms with E-state index in [1.807, 2.05) is 0 Å². The van der Waals surface area contributed by atoms with Crippen LogP contribution in [0.2, 0.25) is 0 Å². The Hall–Kier alpha value is -1.31. The highest BCUT2D eigenvalue weighted by Gasteiger charge is 2.59. The van der Waals surface area contributed by atoms with Gasteiger partial charge in [0.2, 0.25) is 5.91 Å². The van der Waals surface area contributed by atoms with E-state index in [1.54, 1.807) is 20.8 Å². The molecule has 2 unspecified atom stereocenters. The van der Waals surface area contributed by atoms with Crippen LogP contribution in [0.3, 0.4) is 0 Å². The maximum Gasteiger partial charge on any atom is 0.415 e. The van der Waals surface area contributed by atoms with Crippen LogP contribution in [0.4, 0.5) is 13.2 Å². The largest absolute Gasteiger partial charge is 0.460 e. The zero-order valence-corrected chi connectivity index (χ0v) is 13.8. The Morgan fingerprint density at radius 1 is 1.14 bits per heavy atom. The highest BCUT2D eigenvalue weighted by Crippen LogP contribution is 2.34. The first-order valence-corrected chi connectivity index (χ1v) is 6.99. The number of amides is 1. The summed E-state index contributed by atoms with van der Waals surface area (Å²) in [4.78, 5) is 23.6. The lowest BCUT2D eigenvalue weighted by Gasteiger charge is -2.34. The first kappa shape index (κ1) is 20.7. The van der Waals surface area contributed by atoms with Crippen LogP contribution in [0, 0.1) is 11.8 Å². The Balaban J connectivity index is 4.83. The molecule has 22 heavy (non-hydrogen) atoms. The molecule has 0 rings (SSSR count). The predicted octanol–water partition coefficient (Wildman–Crippen LogP) is 2.00. The number of nitrogens with one attached hydrogen (secondary N) is 1. The van der Waals surface area contributed by atoms with Gasteiger partial charge in [-0.05, 0) is 26.7 Å². The van der Waals surface area contributed by atoms with Gasteiger partial charge in [0, 0.05) is 6.54 Å². The quantitative estimate of drug-likeness (QED) is 0.757. The van der Waals surface area contributed by atoms with Gasteiger partial charge in [-0.2, -0.15) is 13.2 Å². The second-order valence-electron chi connectivity index (χ2n) is 6.67. The third kappa shape index (κ3) is 5.15. The third-order valence-electron chi connectivity index (χ3n) is 3.13. The van der Waals surface area contributed by atoms with Crippen LogP contribution in [-0.4, -0.2) is 35.7 Å². The molecule has 0 aliphatic heterocycles. The summed E-state index contributed by atoms with van der Waals surface area (Å²) in [6.07, 6.45) is -4.89. The average molecular weight is 326 g/mol. The summed E-state index contributed by atoms with van der Waals surface area (Å²) in [6, 6.07) is 0. The molecule has 3 N–H and O–H groups in total. The molecule has 0 saturated heterocycles. The van der Waals surface area contributed by atoms with E-state index in [0.29, 0.717) is 0 Å². The topological polar surface area (TPSA) is 81.4 Å². The third-order valence-corrected chi connectivity index (χ3v) is 3.13. The molecular formula is C14H25F3N2O3. The normalized spacial score (nSPS) is 16.9. The molecule has 0 aliphatic carbocycles. The highest BCUT2D eigenvalue weighted by atomic mass is 19.4. The standard InChI is InChI=1S/C14H25F3N2O3/c1-8(2)13(18,14(15,16)17)11(21)19-7-9(3)10(20)22-12(4,5)6/h8-9H,7,18H2,1-6H3,(H,19,21). The first-order chi connectivity index (χ1) is 9.63. The summed E-state index contributed by atoms with van der Waals surface area (Å²) in [5.74, 6) is -3.89. The van der Waals surface area contributed by atoms with Gasteiger partial charge >= 0.3 is 12.1 Å². The molecule has 8 heteroatoms. The molecule has 0 heterocycles. The van der Waals surface area contributed by atoms with E-state index in [-0.39, 0.29) is 6.54 Å². The fourth-order valence-electron chi connectivity index (χ4n) is 1.60. The molecule has 0 fully saturated rings. The van der Waals surface area contributed by atoms with Crippen molar-refractivity contribution in [2.24, 2.45) is 17.6 Å². The number of hydrogen-bond donors (Lipinski definition) is 2.